The summed E-state index contributed by atoms with van der Waals surface area (Å²) in [5.74, 6) is 1.06. The first kappa shape index (κ1) is 13.4. The average Bonchev–Trinajstić information content (AvgIpc) is 2.81. The van der Waals surface area contributed by atoms with E-state index < -0.39 is 0 Å². The molecule has 0 spiro atoms. The second-order valence-electron chi connectivity index (χ2n) is 4.44. The summed E-state index contributed by atoms with van der Waals surface area (Å²) >= 11 is 3.54. The van der Waals surface area contributed by atoms with Gasteiger partial charge in [-0.05, 0) is 37.1 Å². The molecule has 96 valence electrons. The van der Waals surface area contributed by atoms with E-state index in [2.05, 4.69) is 39.4 Å². The number of hydrogen-bond acceptors (Lipinski definition) is 3. The number of unbranched alkanes of at least 4 members (excludes halogenated alkanes) is 2. The van der Waals surface area contributed by atoms with Gasteiger partial charge in [-0.3, -0.25) is 0 Å². The quantitative estimate of drug-likeness (QED) is 0.821. The molecule has 1 aromatic rings. The van der Waals surface area contributed by atoms with Crippen LogP contribution in [0.2, 0.25) is 0 Å². The second-order valence-corrected chi connectivity index (χ2v) is 5.36. The zero-order valence-corrected chi connectivity index (χ0v) is 11.9. The molecule has 3 nitrogen and oxygen atoms in total. The molecule has 1 N–H and O–H groups in total. The second kappa shape index (κ2) is 6.77. The number of hydrogen-bond donors (Lipinski definition) is 1. The van der Waals surface area contributed by atoms with Crippen molar-refractivity contribution >= 4 is 15.9 Å². The van der Waals surface area contributed by atoms with Crippen LogP contribution in [-0.2, 0) is 13.0 Å². The number of nitrogens with zero attached hydrogens (tertiary/aromatic N) is 1. The number of benzene rings is 1. The van der Waals surface area contributed by atoms with Crippen LogP contribution in [0.15, 0.2) is 16.6 Å². The van der Waals surface area contributed by atoms with Gasteiger partial charge < -0.3 is 10.1 Å². The summed E-state index contributed by atoms with van der Waals surface area (Å²) in [6, 6.07) is 6.42. The van der Waals surface area contributed by atoms with Crippen LogP contribution in [0.25, 0.3) is 0 Å². The highest BCUT2D eigenvalue weighted by atomic mass is 79.9. The van der Waals surface area contributed by atoms with Crippen molar-refractivity contribution in [3.05, 3.63) is 27.7 Å². The molecule has 0 bridgehead atoms. The van der Waals surface area contributed by atoms with Crippen molar-refractivity contribution in [2.45, 2.75) is 32.2 Å². The van der Waals surface area contributed by atoms with E-state index >= 15 is 0 Å². The van der Waals surface area contributed by atoms with Gasteiger partial charge in [0.1, 0.15) is 5.75 Å². The van der Waals surface area contributed by atoms with Gasteiger partial charge in [0.25, 0.3) is 0 Å². The van der Waals surface area contributed by atoms with Crippen LogP contribution in [0.3, 0.4) is 0 Å². The molecule has 1 aromatic carbocycles. The average molecular weight is 309 g/mol. The van der Waals surface area contributed by atoms with Gasteiger partial charge in [0.05, 0.1) is 12.7 Å². The molecule has 1 aliphatic heterocycles. The highest BCUT2D eigenvalue weighted by Crippen LogP contribution is 2.32. The van der Waals surface area contributed by atoms with Gasteiger partial charge in [0.2, 0.25) is 0 Å². The van der Waals surface area contributed by atoms with Crippen LogP contribution in [0.4, 0.5) is 0 Å². The fourth-order valence-electron chi connectivity index (χ4n) is 2.15. The minimum atomic E-state index is 0.650. The maximum Gasteiger partial charge on any atom is 0.127 e. The van der Waals surface area contributed by atoms with Gasteiger partial charge in [0.15, 0.2) is 0 Å². The van der Waals surface area contributed by atoms with E-state index in [9.17, 15) is 0 Å². The SMILES string of the molecule is N#CCCCCNCc1cc(Br)cc2c1OCC2. The van der Waals surface area contributed by atoms with Crippen molar-refractivity contribution in [2.24, 2.45) is 0 Å². The van der Waals surface area contributed by atoms with Gasteiger partial charge >= 0.3 is 0 Å². The van der Waals surface area contributed by atoms with E-state index in [1.165, 1.54) is 11.1 Å². The molecule has 18 heavy (non-hydrogen) atoms. The molecule has 0 fully saturated rings. The highest BCUT2D eigenvalue weighted by Gasteiger charge is 2.16. The Hall–Kier alpha value is -1.05. The van der Waals surface area contributed by atoms with Crippen molar-refractivity contribution in [1.82, 2.24) is 5.32 Å². The Morgan fingerprint density at radius 1 is 1.39 bits per heavy atom. The Kier molecular flexibility index (Phi) is 5.03. The summed E-state index contributed by atoms with van der Waals surface area (Å²) in [5, 5.41) is 11.9. The molecule has 0 aromatic heterocycles. The first-order valence-corrected chi connectivity index (χ1v) is 7.12. The fraction of sp³-hybridized carbons (Fsp3) is 0.500. The van der Waals surface area contributed by atoms with E-state index in [1.807, 2.05) is 0 Å². The molecule has 0 saturated carbocycles. The molecule has 2 rings (SSSR count). The van der Waals surface area contributed by atoms with Crippen molar-refractivity contribution in [2.75, 3.05) is 13.2 Å². The number of ether oxygens (including phenoxy) is 1. The van der Waals surface area contributed by atoms with Gasteiger partial charge in [-0.15, -0.1) is 0 Å². The molecular formula is C14H17BrN2O. The van der Waals surface area contributed by atoms with Crippen LogP contribution in [0.5, 0.6) is 5.75 Å². The van der Waals surface area contributed by atoms with Crippen LogP contribution in [-0.4, -0.2) is 13.2 Å². The number of rotatable bonds is 6. The minimum Gasteiger partial charge on any atom is -0.493 e. The number of halogens is 1. The van der Waals surface area contributed by atoms with Gasteiger partial charge in [0, 0.05) is 29.4 Å². The molecule has 1 aliphatic rings. The largest absolute Gasteiger partial charge is 0.493 e. The topological polar surface area (TPSA) is 45.0 Å². The highest BCUT2D eigenvalue weighted by molar-refractivity contribution is 9.10. The lowest BCUT2D eigenvalue weighted by Gasteiger charge is -2.10. The van der Waals surface area contributed by atoms with Crippen molar-refractivity contribution < 1.29 is 4.74 Å². The first-order chi connectivity index (χ1) is 8.81. The molecule has 0 aliphatic carbocycles. The molecular weight excluding hydrogens is 292 g/mol. The van der Waals surface area contributed by atoms with Crippen molar-refractivity contribution in [3.8, 4) is 11.8 Å². The van der Waals surface area contributed by atoms with Gasteiger partial charge in [-0.25, -0.2) is 0 Å². The Labute approximate surface area is 116 Å². The van der Waals surface area contributed by atoms with Crippen LogP contribution >= 0.6 is 15.9 Å². The lowest BCUT2D eigenvalue weighted by atomic mass is 10.1. The summed E-state index contributed by atoms with van der Waals surface area (Å²) in [6.45, 7) is 2.57. The van der Waals surface area contributed by atoms with E-state index in [0.29, 0.717) is 6.42 Å². The monoisotopic (exact) mass is 308 g/mol. The third-order valence-corrected chi connectivity index (χ3v) is 3.49. The Morgan fingerprint density at radius 3 is 3.11 bits per heavy atom. The lowest BCUT2D eigenvalue weighted by molar-refractivity contribution is 0.352. The zero-order chi connectivity index (χ0) is 12.8. The summed E-state index contributed by atoms with van der Waals surface area (Å²) < 4.78 is 6.79. The molecule has 4 heteroatoms. The van der Waals surface area contributed by atoms with Gasteiger partial charge in [-0.1, -0.05) is 15.9 Å². The van der Waals surface area contributed by atoms with Crippen molar-refractivity contribution in [3.63, 3.8) is 0 Å². The van der Waals surface area contributed by atoms with E-state index in [4.69, 9.17) is 10.00 Å². The van der Waals surface area contributed by atoms with Gasteiger partial charge in [-0.2, -0.15) is 5.26 Å². The van der Waals surface area contributed by atoms with Crippen LogP contribution in [0.1, 0.15) is 30.4 Å². The molecule has 0 amide bonds. The smallest absolute Gasteiger partial charge is 0.127 e. The molecule has 1 heterocycles. The van der Waals surface area contributed by atoms with Crippen LogP contribution in [0, 0.1) is 11.3 Å². The summed E-state index contributed by atoms with van der Waals surface area (Å²) in [6.07, 6.45) is 3.67. The number of nitriles is 1. The van der Waals surface area contributed by atoms with E-state index in [-0.39, 0.29) is 0 Å². The fourth-order valence-corrected chi connectivity index (χ4v) is 2.71. The van der Waals surface area contributed by atoms with Crippen molar-refractivity contribution in [1.29, 1.82) is 5.26 Å². The Morgan fingerprint density at radius 2 is 2.28 bits per heavy atom. The standard InChI is InChI=1S/C14H17BrN2O/c15-13-8-11-4-7-18-14(11)12(9-13)10-17-6-3-1-2-5-16/h8-9,17H,1-4,6-7,10H2. The third-order valence-electron chi connectivity index (χ3n) is 3.03. The maximum absolute atomic E-state index is 8.44. The predicted octanol–water partition coefficient (Wildman–Crippen LogP) is 3.17. The summed E-state index contributed by atoms with van der Waals surface area (Å²) in [7, 11) is 0. The number of nitrogens with one attached hydrogen (secondary N) is 1. The Bertz CT molecular complexity index is 454. The Balaban J connectivity index is 1.85. The molecule has 0 atom stereocenters. The first-order valence-electron chi connectivity index (χ1n) is 6.33. The predicted molar refractivity (Wildman–Crippen MR) is 74.5 cm³/mol. The number of fused-ring (bicyclic) bond motifs is 1. The minimum absolute atomic E-state index is 0.650. The lowest BCUT2D eigenvalue weighted by Crippen LogP contribution is -2.15. The zero-order valence-electron chi connectivity index (χ0n) is 10.3. The third kappa shape index (κ3) is 3.47. The van der Waals surface area contributed by atoms with E-state index in [0.717, 1.165) is 49.2 Å². The van der Waals surface area contributed by atoms with E-state index in [1.54, 1.807) is 0 Å². The maximum atomic E-state index is 8.44. The molecule has 0 unspecified atom stereocenters. The summed E-state index contributed by atoms with van der Waals surface area (Å²) in [5.41, 5.74) is 2.52. The van der Waals surface area contributed by atoms with Crippen LogP contribution < -0.4 is 10.1 Å². The normalized spacial score (nSPS) is 12.9. The molecule has 0 radical (unpaired) electrons. The summed E-state index contributed by atoms with van der Waals surface area (Å²) in [4.78, 5) is 0. The molecule has 0 saturated heterocycles.